The fourth-order valence-corrected chi connectivity index (χ4v) is 5.41. The van der Waals surface area contributed by atoms with Gasteiger partial charge in [-0.2, -0.15) is 0 Å². The molecule has 192 valence electrons. The minimum atomic E-state index is -4.14. The smallest absolute Gasteiger partial charge is 0.264 e. The van der Waals surface area contributed by atoms with Gasteiger partial charge >= 0.3 is 0 Å². The van der Waals surface area contributed by atoms with Crippen molar-refractivity contribution in [3.63, 3.8) is 0 Å². The molecule has 10 heteroatoms. The van der Waals surface area contributed by atoms with E-state index in [4.69, 9.17) is 14.2 Å². The first kappa shape index (κ1) is 27.2. The number of carbonyl (C=O) groups excluding carboxylic acids is 1. The van der Waals surface area contributed by atoms with Crippen LogP contribution < -0.4 is 23.8 Å². The second-order valence-electron chi connectivity index (χ2n) is 7.79. The highest BCUT2D eigenvalue weighted by molar-refractivity contribution is 7.98. The fraction of sp³-hybridized carbons (Fsp3) is 0.269. The summed E-state index contributed by atoms with van der Waals surface area (Å²) in [5, 5.41) is 2.90. The number of benzene rings is 3. The van der Waals surface area contributed by atoms with Crippen LogP contribution in [0, 0.1) is 0 Å². The van der Waals surface area contributed by atoms with Crippen molar-refractivity contribution in [1.29, 1.82) is 0 Å². The zero-order valence-corrected chi connectivity index (χ0v) is 22.5. The summed E-state index contributed by atoms with van der Waals surface area (Å²) in [7, 11) is 0.274. The number of anilines is 1. The zero-order chi connectivity index (χ0) is 26.3. The number of hydrogen-bond acceptors (Lipinski definition) is 7. The minimum Gasteiger partial charge on any atom is -0.497 e. The summed E-state index contributed by atoms with van der Waals surface area (Å²) in [6.45, 7) is 1.43. The van der Waals surface area contributed by atoms with Crippen LogP contribution in [0.25, 0.3) is 0 Å². The van der Waals surface area contributed by atoms with Crippen LogP contribution >= 0.6 is 11.8 Å². The number of hydrogen-bond donors (Lipinski definition) is 1. The molecular weight excluding hydrogens is 500 g/mol. The van der Waals surface area contributed by atoms with Gasteiger partial charge in [0.25, 0.3) is 10.0 Å². The third kappa shape index (κ3) is 6.24. The predicted molar refractivity (Wildman–Crippen MR) is 142 cm³/mol. The van der Waals surface area contributed by atoms with E-state index >= 15 is 0 Å². The van der Waals surface area contributed by atoms with Crippen molar-refractivity contribution in [3.8, 4) is 17.2 Å². The van der Waals surface area contributed by atoms with Crippen LogP contribution in [-0.4, -0.2) is 48.5 Å². The number of sulfonamides is 1. The molecule has 0 saturated carbocycles. The Balaban J connectivity index is 1.92. The Bertz CT molecular complexity index is 1280. The molecule has 3 aromatic rings. The van der Waals surface area contributed by atoms with Crippen molar-refractivity contribution in [1.82, 2.24) is 5.32 Å². The maximum atomic E-state index is 13.7. The Morgan fingerprint density at radius 2 is 1.56 bits per heavy atom. The topological polar surface area (TPSA) is 94.2 Å². The molecule has 0 bridgehead atoms. The summed E-state index contributed by atoms with van der Waals surface area (Å²) in [6, 6.07) is 18.3. The van der Waals surface area contributed by atoms with Gasteiger partial charge in [-0.25, -0.2) is 8.42 Å². The summed E-state index contributed by atoms with van der Waals surface area (Å²) in [6.07, 6.45) is 1.99. The van der Waals surface area contributed by atoms with Crippen molar-refractivity contribution in [3.05, 3.63) is 72.3 Å². The van der Waals surface area contributed by atoms with Gasteiger partial charge in [0, 0.05) is 11.0 Å². The Morgan fingerprint density at radius 1 is 0.917 bits per heavy atom. The van der Waals surface area contributed by atoms with Crippen molar-refractivity contribution in [2.24, 2.45) is 0 Å². The summed E-state index contributed by atoms with van der Waals surface area (Å²) in [4.78, 5) is 14.1. The summed E-state index contributed by atoms with van der Waals surface area (Å²) in [5.41, 5.74) is 1.23. The minimum absolute atomic E-state index is 0.0375. The molecule has 0 unspecified atom stereocenters. The third-order valence-corrected chi connectivity index (χ3v) is 8.10. The van der Waals surface area contributed by atoms with Crippen LogP contribution in [0.2, 0.25) is 0 Å². The standard InChI is InChI=1S/C26H30N2O6S2/c1-18(19-6-12-22(35-5)13-7-19)27-26(29)17-28(20-8-10-21(32-2)11-9-20)36(30,31)23-14-15-24(33-3)25(16-23)34-4/h6-16,18H,17H2,1-5H3,(H,27,29)/t18-/m0/s1. The van der Waals surface area contributed by atoms with E-state index in [1.165, 1.54) is 39.5 Å². The first-order valence-corrected chi connectivity index (χ1v) is 13.7. The van der Waals surface area contributed by atoms with Gasteiger partial charge in [-0.1, -0.05) is 12.1 Å². The Kier molecular flexibility index (Phi) is 9.11. The van der Waals surface area contributed by atoms with E-state index in [1.54, 1.807) is 36.0 Å². The molecule has 0 aromatic heterocycles. The Morgan fingerprint density at radius 3 is 2.11 bits per heavy atom. The normalized spacial score (nSPS) is 11.9. The van der Waals surface area contributed by atoms with Gasteiger partial charge in [-0.15, -0.1) is 11.8 Å². The lowest BCUT2D eigenvalue weighted by Gasteiger charge is -2.25. The quantitative estimate of drug-likeness (QED) is 0.365. The molecule has 0 aliphatic heterocycles. The largest absolute Gasteiger partial charge is 0.497 e. The Labute approximate surface area is 216 Å². The zero-order valence-electron chi connectivity index (χ0n) is 20.8. The van der Waals surface area contributed by atoms with E-state index in [9.17, 15) is 13.2 Å². The van der Waals surface area contributed by atoms with Gasteiger partial charge in [0.1, 0.15) is 12.3 Å². The summed E-state index contributed by atoms with van der Waals surface area (Å²) < 4.78 is 44.2. The summed E-state index contributed by atoms with van der Waals surface area (Å²) >= 11 is 1.63. The van der Waals surface area contributed by atoms with Gasteiger partial charge in [0.2, 0.25) is 5.91 Å². The second-order valence-corrected chi connectivity index (χ2v) is 10.5. The van der Waals surface area contributed by atoms with Crippen molar-refractivity contribution < 1.29 is 27.4 Å². The number of ether oxygens (including phenoxy) is 3. The van der Waals surface area contributed by atoms with Crippen molar-refractivity contribution in [2.75, 3.05) is 38.4 Å². The molecular formula is C26H30N2O6S2. The molecule has 0 fully saturated rings. The molecule has 0 saturated heterocycles. The lowest BCUT2D eigenvalue weighted by molar-refractivity contribution is -0.120. The molecule has 8 nitrogen and oxygen atoms in total. The predicted octanol–water partition coefficient (Wildman–Crippen LogP) is 4.51. The van der Waals surface area contributed by atoms with E-state index in [0.717, 1.165) is 14.8 Å². The molecule has 0 heterocycles. The summed E-state index contributed by atoms with van der Waals surface area (Å²) in [5.74, 6) is 0.775. The molecule has 3 aromatic carbocycles. The van der Waals surface area contributed by atoms with Gasteiger partial charge in [-0.3, -0.25) is 9.10 Å². The first-order valence-electron chi connectivity index (χ1n) is 11.1. The van der Waals surface area contributed by atoms with E-state index < -0.39 is 22.5 Å². The molecule has 0 radical (unpaired) electrons. The molecule has 36 heavy (non-hydrogen) atoms. The second kappa shape index (κ2) is 12.0. The van der Waals surface area contributed by atoms with Crippen molar-refractivity contribution >= 4 is 33.4 Å². The highest BCUT2D eigenvalue weighted by Crippen LogP contribution is 2.32. The van der Waals surface area contributed by atoms with Crippen molar-refractivity contribution in [2.45, 2.75) is 22.8 Å². The van der Waals surface area contributed by atoms with E-state index in [1.807, 2.05) is 37.4 Å². The number of amides is 1. The van der Waals surface area contributed by atoms with Gasteiger partial charge < -0.3 is 19.5 Å². The van der Waals surface area contributed by atoms with Crippen LogP contribution in [0.5, 0.6) is 17.2 Å². The molecule has 0 aliphatic rings. The van der Waals surface area contributed by atoms with E-state index in [0.29, 0.717) is 17.2 Å². The number of nitrogens with zero attached hydrogens (tertiary/aromatic N) is 1. The number of carbonyl (C=O) groups is 1. The first-order chi connectivity index (χ1) is 17.2. The van der Waals surface area contributed by atoms with E-state index in [-0.39, 0.29) is 16.7 Å². The lowest BCUT2D eigenvalue weighted by atomic mass is 10.1. The number of thioether (sulfide) groups is 1. The molecule has 0 spiro atoms. The molecule has 1 atom stereocenters. The van der Waals surface area contributed by atoms with Crippen LogP contribution in [0.1, 0.15) is 18.5 Å². The fourth-order valence-electron chi connectivity index (χ4n) is 3.56. The van der Waals surface area contributed by atoms with Gasteiger partial charge in [-0.05, 0) is 67.3 Å². The third-order valence-electron chi connectivity index (χ3n) is 5.58. The Hall–Kier alpha value is -3.37. The van der Waals surface area contributed by atoms with Gasteiger partial charge in [0.05, 0.1) is 38.0 Å². The van der Waals surface area contributed by atoms with Crippen LogP contribution in [0.3, 0.4) is 0 Å². The highest BCUT2D eigenvalue weighted by atomic mass is 32.2. The molecule has 0 aliphatic carbocycles. The SMILES string of the molecule is COc1ccc(N(CC(=O)N[C@@H](C)c2ccc(SC)cc2)S(=O)(=O)c2ccc(OC)c(OC)c2)cc1. The average molecular weight is 531 g/mol. The monoisotopic (exact) mass is 530 g/mol. The molecule has 1 amide bonds. The highest BCUT2D eigenvalue weighted by Gasteiger charge is 2.29. The van der Waals surface area contributed by atoms with E-state index in [2.05, 4.69) is 5.32 Å². The number of methoxy groups -OCH3 is 3. The average Bonchev–Trinajstić information content (AvgIpc) is 2.91. The van der Waals surface area contributed by atoms with Crippen LogP contribution in [0.15, 0.2) is 76.5 Å². The van der Waals surface area contributed by atoms with Gasteiger partial charge in [0.15, 0.2) is 11.5 Å². The molecule has 3 rings (SSSR count). The molecule has 1 N–H and O–H groups in total. The van der Waals surface area contributed by atoms with Crippen LogP contribution in [-0.2, 0) is 14.8 Å². The van der Waals surface area contributed by atoms with Crippen LogP contribution in [0.4, 0.5) is 5.69 Å². The maximum absolute atomic E-state index is 13.7. The number of nitrogens with one attached hydrogen (secondary N) is 1. The lowest BCUT2D eigenvalue weighted by Crippen LogP contribution is -2.41. The maximum Gasteiger partial charge on any atom is 0.264 e. The number of rotatable bonds is 11.